The number of pyridine rings is 1. The molecular weight excluding hydrogens is 432 g/mol. The fraction of sp³-hybridized carbons (Fsp3) is 0.615. The summed E-state index contributed by atoms with van der Waals surface area (Å²) in [6, 6.07) is 0.478. The molecule has 1 saturated carbocycles. The van der Waals surface area contributed by atoms with Crippen molar-refractivity contribution in [2.45, 2.75) is 90.7 Å². The summed E-state index contributed by atoms with van der Waals surface area (Å²) in [5.41, 5.74) is 5.74. The second-order valence-electron chi connectivity index (χ2n) is 10.7. The van der Waals surface area contributed by atoms with Crippen molar-refractivity contribution in [3.63, 3.8) is 0 Å². The molecule has 3 N–H and O–H groups in total. The molecule has 0 spiro atoms. The summed E-state index contributed by atoms with van der Waals surface area (Å²) in [5, 5.41) is 14.7. The van der Waals surface area contributed by atoms with Gasteiger partial charge < -0.3 is 20.0 Å². The van der Waals surface area contributed by atoms with Crippen LogP contribution in [0.5, 0.6) is 0 Å². The first-order valence-corrected chi connectivity index (χ1v) is 12.9. The summed E-state index contributed by atoms with van der Waals surface area (Å²) >= 11 is 1.79. The number of nitrogens with zero attached hydrogens (tertiary/aromatic N) is 2. The van der Waals surface area contributed by atoms with Crippen LogP contribution in [-0.2, 0) is 7.05 Å². The number of fused-ring (bicyclic) bond motifs is 1. The van der Waals surface area contributed by atoms with E-state index < -0.39 is 5.60 Å². The van der Waals surface area contributed by atoms with Crippen LogP contribution < -0.4 is 10.9 Å². The predicted molar refractivity (Wildman–Crippen MR) is 138 cm³/mol. The lowest BCUT2D eigenvalue weighted by Gasteiger charge is -2.30. The highest BCUT2D eigenvalue weighted by Gasteiger charge is 2.28. The second-order valence-corrected chi connectivity index (χ2v) is 11.8. The van der Waals surface area contributed by atoms with Crippen LogP contribution in [0, 0.1) is 13.8 Å². The molecule has 0 bridgehead atoms. The number of aliphatic hydroxyl groups is 1. The molecular formula is C26H38N4O2S. The van der Waals surface area contributed by atoms with Crippen LogP contribution in [0.3, 0.4) is 0 Å². The van der Waals surface area contributed by atoms with E-state index in [0.29, 0.717) is 24.4 Å². The van der Waals surface area contributed by atoms with Gasteiger partial charge in [0, 0.05) is 48.4 Å². The van der Waals surface area contributed by atoms with Gasteiger partial charge in [-0.25, -0.2) is 4.98 Å². The summed E-state index contributed by atoms with van der Waals surface area (Å²) in [5.74, 6) is 0.823. The summed E-state index contributed by atoms with van der Waals surface area (Å²) < 4.78 is 1.68. The van der Waals surface area contributed by atoms with E-state index >= 15 is 0 Å². The minimum Gasteiger partial charge on any atom is -0.389 e. The quantitative estimate of drug-likeness (QED) is 0.467. The molecule has 6 nitrogen and oxygen atoms in total. The minimum atomic E-state index is -0.669. The summed E-state index contributed by atoms with van der Waals surface area (Å²) in [6.07, 6.45) is 6.44. The molecule has 4 rings (SSSR count). The smallest absolute Gasteiger partial charge is 0.253 e. The Morgan fingerprint density at radius 2 is 1.91 bits per heavy atom. The maximum Gasteiger partial charge on any atom is 0.253 e. The zero-order valence-electron chi connectivity index (χ0n) is 21.0. The Kier molecular flexibility index (Phi) is 6.60. The van der Waals surface area contributed by atoms with Gasteiger partial charge in [-0.1, -0.05) is 13.8 Å². The minimum absolute atomic E-state index is 0.0590. The van der Waals surface area contributed by atoms with Crippen molar-refractivity contribution in [2.24, 2.45) is 7.05 Å². The lowest BCUT2D eigenvalue weighted by atomic mass is 9.86. The van der Waals surface area contributed by atoms with E-state index in [0.717, 1.165) is 58.4 Å². The SMILES string of the molecule is Cc1c(-c2[nH]c3sc(C4CCC(NCC(C)(C)O)CC4)nc3c2C(C)C)cn(C)c(=O)c1C. The van der Waals surface area contributed by atoms with E-state index in [-0.39, 0.29) is 5.56 Å². The maximum absolute atomic E-state index is 12.4. The third kappa shape index (κ3) is 4.81. The number of thiazole rings is 1. The molecule has 0 aromatic carbocycles. The van der Waals surface area contributed by atoms with Gasteiger partial charge in [-0.3, -0.25) is 4.79 Å². The lowest BCUT2D eigenvalue weighted by Crippen LogP contribution is -2.42. The van der Waals surface area contributed by atoms with Crippen molar-refractivity contribution in [3.05, 3.63) is 38.2 Å². The highest BCUT2D eigenvalue weighted by Crippen LogP contribution is 2.42. The fourth-order valence-corrected chi connectivity index (χ4v) is 6.17. The third-order valence-corrected chi connectivity index (χ3v) is 8.22. The van der Waals surface area contributed by atoms with E-state index in [4.69, 9.17) is 4.98 Å². The van der Waals surface area contributed by atoms with Gasteiger partial charge in [0.1, 0.15) is 10.3 Å². The number of aromatic amines is 1. The van der Waals surface area contributed by atoms with Crippen molar-refractivity contribution < 1.29 is 5.11 Å². The molecule has 7 heteroatoms. The predicted octanol–water partition coefficient (Wildman–Crippen LogP) is 5.12. The van der Waals surface area contributed by atoms with Gasteiger partial charge in [0.05, 0.1) is 16.3 Å². The van der Waals surface area contributed by atoms with E-state index in [1.165, 1.54) is 10.6 Å². The van der Waals surface area contributed by atoms with Crippen LogP contribution in [0.25, 0.3) is 21.6 Å². The number of H-pyrrole nitrogens is 1. The number of hydrogen-bond donors (Lipinski definition) is 3. The van der Waals surface area contributed by atoms with Crippen LogP contribution in [0.15, 0.2) is 11.0 Å². The first-order valence-electron chi connectivity index (χ1n) is 12.1. The van der Waals surface area contributed by atoms with Crippen LogP contribution in [0.2, 0.25) is 0 Å². The van der Waals surface area contributed by atoms with Gasteiger partial charge in [0.25, 0.3) is 5.56 Å². The van der Waals surface area contributed by atoms with Crippen molar-refractivity contribution in [1.82, 2.24) is 19.9 Å². The molecule has 0 aliphatic heterocycles. The van der Waals surface area contributed by atoms with Crippen molar-refractivity contribution in [2.75, 3.05) is 6.54 Å². The summed E-state index contributed by atoms with van der Waals surface area (Å²) in [7, 11) is 1.82. The van der Waals surface area contributed by atoms with E-state index in [9.17, 15) is 9.90 Å². The first kappa shape index (κ1) is 24.2. The number of aryl methyl sites for hydroxylation is 1. The molecule has 3 aromatic heterocycles. The zero-order valence-corrected chi connectivity index (χ0v) is 21.8. The topological polar surface area (TPSA) is 82.9 Å². The number of rotatable bonds is 6. The van der Waals surface area contributed by atoms with Crippen LogP contribution in [-0.4, -0.2) is 37.8 Å². The van der Waals surface area contributed by atoms with Gasteiger partial charge in [-0.15, -0.1) is 11.3 Å². The molecule has 1 aliphatic rings. The van der Waals surface area contributed by atoms with Crippen molar-refractivity contribution >= 4 is 21.7 Å². The van der Waals surface area contributed by atoms with E-state index in [1.54, 1.807) is 15.9 Å². The Morgan fingerprint density at radius 1 is 1.24 bits per heavy atom. The zero-order chi connectivity index (χ0) is 24.1. The van der Waals surface area contributed by atoms with Gasteiger partial charge in [-0.2, -0.15) is 0 Å². The van der Waals surface area contributed by atoms with Gasteiger partial charge >= 0.3 is 0 Å². The average molecular weight is 471 g/mol. The lowest BCUT2D eigenvalue weighted by molar-refractivity contribution is 0.0742. The standard InChI is InChI=1S/C26H38N4O2S/c1-14(2)20-21(19-12-30(7)25(31)16(4)15(19)3)28-24-22(20)29-23(33-24)17-8-10-18(11-9-17)27-13-26(5,6)32/h12,14,17-18,27-28,32H,8-11,13H2,1-7H3. The maximum atomic E-state index is 12.4. The van der Waals surface area contributed by atoms with Crippen LogP contribution in [0.1, 0.15) is 86.9 Å². The summed E-state index contributed by atoms with van der Waals surface area (Å²) in [6.45, 7) is 12.7. The molecule has 0 unspecified atom stereocenters. The molecule has 180 valence electrons. The van der Waals surface area contributed by atoms with E-state index in [1.807, 2.05) is 40.9 Å². The monoisotopic (exact) mass is 470 g/mol. The largest absolute Gasteiger partial charge is 0.389 e. The Hall–Kier alpha value is -1.96. The molecule has 1 aliphatic carbocycles. The third-order valence-electron chi connectivity index (χ3n) is 7.08. The number of nitrogens with one attached hydrogen (secondary N) is 2. The highest BCUT2D eigenvalue weighted by molar-refractivity contribution is 7.18. The Balaban J connectivity index is 1.61. The van der Waals surface area contributed by atoms with Crippen molar-refractivity contribution in [3.8, 4) is 11.3 Å². The van der Waals surface area contributed by atoms with Crippen molar-refractivity contribution in [1.29, 1.82) is 0 Å². The number of hydrogen-bond acceptors (Lipinski definition) is 5. The Bertz CT molecular complexity index is 1200. The first-order chi connectivity index (χ1) is 15.5. The normalized spacial score (nSPS) is 19.7. The molecule has 0 amide bonds. The van der Waals surface area contributed by atoms with Gasteiger partial charge in [0.15, 0.2) is 0 Å². The Morgan fingerprint density at radius 3 is 2.52 bits per heavy atom. The second kappa shape index (κ2) is 9.01. The molecule has 0 saturated heterocycles. The molecule has 3 aromatic rings. The highest BCUT2D eigenvalue weighted by atomic mass is 32.1. The molecule has 0 atom stereocenters. The molecule has 1 fully saturated rings. The number of aromatic nitrogens is 3. The van der Waals surface area contributed by atoms with Crippen LogP contribution >= 0.6 is 11.3 Å². The molecule has 0 radical (unpaired) electrons. The summed E-state index contributed by atoms with van der Waals surface area (Å²) in [4.78, 5) is 22.4. The van der Waals surface area contributed by atoms with E-state index in [2.05, 4.69) is 24.1 Å². The van der Waals surface area contributed by atoms with Crippen LogP contribution in [0.4, 0.5) is 0 Å². The molecule has 33 heavy (non-hydrogen) atoms. The van der Waals surface area contributed by atoms with Gasteiger partial charge in [-0.05, 0) is 64.9 Å². The average Bonchev–Trinajstić information content (AvgIpc) is 3.31. The Labute approximate surface area is 200 Å². The molecule has 3 heterocycles. The van der Waals surface area contributed by atoms with Gasteiger partial charge in [0.2, 0.25) is 0 Å². The fourth-order valence-electron chi connectivity index (χ4n) is 5.02.